The number of hydrogen-bond acceptors (Lipinski definition) is 2. The van der Waals surface area contributed by atoms with E-state index in [0.717, 1.165) is 29.3 Å². The number of aromatic nitrogens is 1. The third kappa shape index (κ3) is 3.21. The van der Waals surface area contributed by atoms with Gasteiger partial charge in [0.05, 0.1) is 0 Å². The molecule has 1 aliphatic heterocycles. The van der Waals surface area contributed by atoms with Crippen LogP contribution in [0.5, 0.6) is 0 Å². The van der Waals surface area contributed by atoms with Crippen molar-refractivity contribution in [3.63, 3.8) is 0 Å². The van der Waals surface area contributed by atoms with Crippen molar-refractivity contribution in [1.29, 1.82) is 0 Å². The molecule has 3 heteroatoms. The van der Waals surface area contributed by atoms with E-state index in [-0.39, 0.29) is 0 Å². The van der Waals surface area contributed by atoms with E-state index in [4.69, 9.17) is 0 Å². The predicted molar refractivity (Wildman–Crippen MR) is 76.3 cm³/mol. The van der Waals surface area contributed by atoms with Gasteiger partial charge in [-0.1, -0.05) is 20.8 Å². The topological polar surface area (TPSA) is 16.1 Å². The van der Waals surface area contributed by atoms with E-state index in [2.05, 4.69) is 58.7 Å². The van der Waals surface area contributed by atoms with Crippen molar-refractivity contribution in [1.82, 2.24) is 4.98 Å². The fourth-order valence-electron chi connectivity index (χ4n) is 2.53. The van der Waals surface area contributed by atoms with Gasteiger partial charge >= 0.3 is 0 Å². The van der Waals surface area contributed by atoms with E-state index >= 15 is 0 Å². The second-order valence-corrected chi connectivity index (χ2v) is 6.88. The van der Waals surface area contributed by atoms with Crippen molar-refractivity contribution in [2.45, 2.75) is 33.6 Å². The van der Waals surface area contributed by atoms with Crippen LogP contribution in [-0.4, -0.2) is 18.1 Å². The van der Waals surface area contributed by atoms with Crippen LogP contribution >= 0.6 is 15.9 Å². The Balaban J connectivity index is 1.97. The molecule has 2 heterocycles. The smallest absolute Gasteiger partial charge is 0.128 e. The van der Waals surface area contributed by atoms with Crippen LogP contribution in [0.2, 0.25) is 0 Å². The number of halogens is 1. The first-order valence-electron chi connectivity index (χ1n) is 6.33. The number of rotatable bonds is 1. The molecule has 17 heavy (non-hydrogen) atoms. The average molecular weight is 297 g/mol. The first-order chi connectivity index (χ1) is 7.97. The first-order valence-corrected chi connectivity index (χ1v) is 7.12. The summed E-state index contributed by atoms with van der Waals surface area (Å²) in [5.74, 6) is 1.95. The lowest BCUT2D eigenvalue weighted by atomic mass is 9.75. The number of hydrogen-bond donors (Lipinski definition) is 0. The van der Waals surface area contributed by atoms with Crippen molar-refractivity contribution >= 4 is 21.7 Å². The van der Waals surface area contributed by atoms with Gasteiger partial charge in [-0.3, -0.25) is 0 Å². The Morgan fingerprint density at radius 3 is 2.35 bits per heavy atom. The summed E-state index contributed by atoms with van der Waals surface area (Å²) in [7, 11) is 0. The van der Waals surface area contributed by atoms with E-state index in [0.29, 0.717) is 5.41 Å². The molecule has 2 nitrogen and oxygen atoms in total. The highest BCUT2D eigenvalue weighted by atomic mass is 79.9. The highest BCUT2D eigenvalue weighted by molar-refractivity contribution is 9.10. The monoisotopic (exact) mass is 296 g/mol. The molecule has 94 valence electrons. The molecule has 0 bridgehead atoms. The summed E-state index contributed by atoms with van der Waals surface area (Å²) in [5, 5.41) is 0. The van der Waals surface area contributed by atoms with Crippen LogP contribution < -0.4 is 4.90 Å². The molecule has 2 rings (SSSR count). The standard InChI is InChI=1S/C14H21BrN2/c1-14(2,3)11-6-8-17(9-7-11)13-5-4-12(15)10-16-13/h4-5,10-11H,6-9H2,1-3H3. The summed E-state index contributed by atoms with van der Waals surface area (Å²) in [6.07, 6.45) is 4.44. The molecule has 1 fully saturated rings. The fraction of sp³-hybridized carbons (Fsp3) is 0.643. The summed E-state index contributed by atoms with van der Waals surface area (Å²) >= 11 is 3.42. The van der Waals surface area contributed by atoms with Crippen LogP contribution in [0.1, 0.15) is 33.6 Å². The van der Waals surface area contributed by atoms with E-state index in [1.807, 2.05) is 6.20 Å². The molecular weight excluding hydrogens is 276 g/mol. The van der Waals surface area contributed by atoms with Crippen molar-refractivity contribution in [2.24, 2.45) is 11.3 Å². The quantitative estimate of drug-likeness (QED) is 0.775. The van der Waals surface area contributed by atoms with Gasteiger partial charge in [0.1, 0.15) is 5.82 Å². The second-order valence-electron chi connectivity index (χ2n) is 5.96. The van der Waals surface area contributed by atoms with Crippen LogP contribution in [0.3, 0.4) is 0 Å². The number of piperidine rings is 1. The van der Waals surface area contributed by atoms with E-state index in [9.17, 15) is 0 Å². The predicted octanol–water partition coefficient (Wildman–Crippen LogP) is 4.11. The summed E-state index contributed by atoms with van der Waals surface area (Å²) in [6, 6.07) is 4.17. The van der Waals surface area contributed by atoms with Crippen molar-refractivity contribution in [2.75, 3.05) is 18.0 Å². The van der Waals surface area contributed by atoms with Gasteiger partial charge in [0, 0.05) is 23.8 Å². The van der Waals surface area contributed by atoms with E-state index in [1.165, 1.54) is 12.8 Å². The van der Waals surface area contributed by atoms with Gasteiger partial charge in [-0.2, -0.15) is 0 Å². The molecule has 0 atom stereocenters. The van der Waals surface area contributed by atoms with E-state index in [1.54, 1.807) is 0 Å². The van der Waals surface area contributed by atoms with E-state index < -0.39 is 0 Å². The molecule has 0 radical (unpaired) electrons. The Hall–Kier alpha value is -0.570. The normalized spacial score (nSPS) is 18.5. The highest BCUT2D eigenvalue weighted by Gasteiger charge is 2.28. The zero-order chi connectivity index (χ0) is 12.5. The van der Waals surface area contributed by atoms with Crippen LogP contribution in [0.15, 0.2) is 22.8 Å². The van der Waals surface area contributed by atoms with Gasteiger partial charge < -0.3 is 4.90 Å². The number of pyridine rings is 1. The zero-order valence-electron chi connectivity index (χ0n) is 10.9. The Bertz CT molecular complexity index is 359. The molecule has 1 aliphatic rings. The van der Waals surface area contributed by atoms with Crippen molar-refractivity contribution in [3.8, 4) is 0 Å². The molecular formula is C14H21BrN2. The highest BCUT2D eigenvalue weighted by Crippen LogP contribution is 2.35. The molecule has 0 aliphatic carbocycles. The molecule has 0 saturated carbocycles. The third-order valence-corrected chi connectivity index (χ3v) is 4.22. The largest absolute Gasteiger partial charge is 0.357 e. The third-order valence-electron chi connectivity index (χ3n) is 3.76. The lowest BCUT2D eigenvalue weighted by Gasteiger charge is -2.39. The Kier molecular flexibility index (Phi) is 3.76. The van der Waals surface area contributed by atoms with Crippen LogP contribution in [-0.2, 0) is 0 Å². The van der Waals surface area contributed by atoms with Crippen molar-refractivity contribution in [3.05, 3.63) is 22.8 Å². The number of anilines is 1. The lowest BCUT2D eigenvalue weighted by molar-refractivity contribution is 0.198. The molecule has 0 amide bonds. The summed E-state index contributed by atoms with van der Waals surface area (Å²) in [4.78, 5) is 6.87. The molecule has 1 aromatic rings. The molecule has 1 aromatic heterocycles. The molecule has 0 unspecified atom stereocenters. The van der Waals surface area contributed by atoms with Gasteiger partial charge in [0.25, 0.3) is 0 Å². The van der Waals surface area contributed by atoms with Gasteiger partial charge in [0.15, 0.2) is 0 Å². The number of nitrogens with zero attached hydrogens (tertiary/aromatic N) is 2. The van der Waals surface area contributed by atoms with Crippen LogP contribution in [0, 0.1) is 11.3 Å². The lowest BCUT2D eigenvalue weighted by Crippen LogP contribution is -2.38. The SMILES string of the molecule is CC(C)(C)C1CCN(c2ccc(Br)cn2)CC1. The van der Waals surface area contributed by atoms with Gasteiger partial charge in [0.2, 0.25) is 0 Å². The van der Waals surface area contributed by atoms with Gasteiger partial charge in [-0.15, -0.1) is 0 Å². The maximum absolute atomic E-state index is 4.47. The second kappa shape index (κ2) is 4.97. The Labute approximate surface area is 113 Å². The fourth-order valence-corrected chi connectivity index (χ4v) is 2.76. The first kappa shape index (κ1) is 12.9. The maximum atomic E-state index is 4.47. The zero-order valence-corrected chi connectivity index (χ0v) is 12.5. The minimum absolute atomic E-state index is 0.444. The van der Waals surface area contributed by atoms with Gasteiger partial charge in [-0.25, -0.2) is 4.98 Å². The Morgan fingerprint density at radius 1 is 1.24 bits per heavy atom. The van der Waals surface area contributed by atoms with Crippen LogP contribution in [0.4, 0.5) is 5.82 Å². The summed E-state index contributed by atoms with van der Waals surface area (Å²) in [5.41, 5.74) is 0.444. The Morgan fingerprint density at radius 2 is 1.88 bits per heavy atom. The van der Waals surface area contributed by atoms with Gasteiger partial charge in [-0.05, 0) is 52.2 Å². The van der Waals surface area contributed by atoms with Crippen LogP contribution in [0.25, 0.3) is 0 Å². The average Bonchev–Trinajstić information content (AvgIpc) is 2.29. The van der Waals surface area contributed by atoms with Crippen molar-refractivity contribution < 1.29 is 0 Å². The minimum Gasteiger partial charge on any atom is -0.357 e. The minimum atomic E-state index is 0.444. The molecule has 1 saturated heterocycles. The summed E-state index contributed by atoms with van der Waals surface area (Å²) < 4.78 is 1.05. The molecule has 0 aromatic carbocycles. The molecule has 0 spiro atoms. The molecule has 0 N–H and O–H groups in total. The summed E-state index contributed by atoms with van der Waals surface area (Å²) in [6.45, 7) is 9.33. The maximum Gasteiger partial charge on any atom is 0.128 e.